The Bertz CT molecular complexity index is 848. The van der Waals surface area contributed by atoms with Crippen molar-refractivity contribution in [2.75, 3.05) is 6.61 Å². The molecular formula is C24H31NO3. The molecule has 4 fully saturated rings. The Morgan fingerprint density at radius 1 is 1.18 bits per heavy atom. The van der Waals surface area contributed by atoms with Crippen molar-refractivity contribution in [3.05, 3.63) is 35.6 Å². The number of benzene rings is 1. The zero-order valence-electron chi connectivity index (χ0n) is 17.0. The van der Waals surface area contributed by atoms with Crippen LogP contribution in [0.25, 0.3) is 11.0 Å². The number of furan rings is 1. The maximum atomic E-state index is 13.2. The summed E-state index contributed by atoms with van der Waals surface area (Å²) in [4.78, 5) is 13.2. The van der Waals surface area contributed by atoms with Crippen molar-refractivity contribution in [2.45, 2.75) is 65.0 Å². The normalized spacial score (nSPS) is 32.0. The van der Waals surface area contributed by atoms with Gasteiger partial charge >= 0.3 is 0 Å². The molecule has 0 spiro atoms. The van der Waals surface area contributed by atoms with E-state index < -0.39 is 0 Å². The maximum absolute atomic E-state index is 13.2. The van der Waals surface area contributed by atoms with Crippen molar-refractivity contribution >= 4 is 16.9 Å². The monoisotopic (exact) mass is 381 g/mol. The quantitative estimate of drug-likeness (QED) is 0.738. The molecule has 0 aliphatic heterocycles. The molecule has 1 amide bonds. The van der Waals surface area contributed by atoms with Gasteiger partial charge < -0.3 is 14.5 Å². The van der Waals surface area contributed by atoms with Crippen LogP contribution >= 0.6 is 0 Å². The lowest BCUT2D eigenvalue weighted by atomic mass is 9.48. The number of nitrogens with one attached hydrogen (secondary N) is 1. The molecule has 1 N–H and O–H groups in total. The highest BCUT2D eigenvalue weighted by Crippen LogP contribution is 2.61. The van der Waals surface area contributed by atoms with Gasteiger partial charge in [0, 0.05) is 23.6 Å². The number of hydrogen-bond donors (Lipinski definition) is 1. The van der Waals surface area contributed by atoms with Gasteiger partial charge in [0.1, 0.15) is 5.58 Å². The van der Waals surface area contributed by atoms with Crippen LogP contribution in [0, 0.1) is 23.2 Å². The fourth-order valence-electron chi connectivity index (χ4n) is 6.75. The Morgan fingerprint density at radius 2 is 1.82 bits per heavy atom. The molecule has 0 unspecified atom stereocenters. The molecule has 0 radical (unpaired) electrons. The van der Waals surface area contributed by atoms with Crippen LogP contribution < -0.4 is 5.32 Å². The van der Waals surface area contributed by atoms with E-state index in [4.69, 9.17) is 9.15 Å². The molecule has 4 saturated carbocycles. The Kier molecular flexibility index (Phi) is 4.50. The van der Waals surface area contributed by atoms with Crippen molar-refractivity contribution < 1.29 is 13.9 Å². The second-order valence-electron chi connectivity index (χ2n) is 9.52. The minimum absolute atomic E-state index is 0.0888. The Balaban J connectivity index is 1.40. The van der Waals surface area contributed by atoms with Crippen LogP contribution in [0.3, 0.4) is 0 Å². The van der Waals surface area contributed by atoms with Gasteiger partial charge in [-0.25, -0.2) is 0 Å². The first-order valence-corrected chi connectivity index (χ1v) is 11.0. The fourth-order valence-corrected chi connectivity index (χ4v) is 6.75. The lowest BCUT2D eigenvalue weighted by Crippen LogP contribution is -2.55. The number of carbonyl (C=O) groups excluding carboxylic acids is 1. The van der Waals surface area contributed by atoms with E-state index in [9.17, 15) is 4.79 Å². The standard InChI is InChI=1S/C24H31NO3/c1-3-27-14-20-19-6-4-5-7-21(19)28-22(20)23(26)25-15(2)24-11-16-8-17(12-24)10-18(9-16)13-24/h4-7,15-18H,3,8-14H2,1-2H3,(H,25,26)/t15-,16?,17?,18?,24?/m1/s1. The fraction of sp³-hybridized carbons (Fsp3) is 0.625. The number of ether oxygens (including phenoxy) is 1. The minimum Gasteiger partial charge on any atom is -0.451 e. The summed E-state index contributed by atoms with van der Waals surface area (Å²) in [5.74, 6) is 2.97. The summed E-state index contributed by atoms with van der Waals surface area (Å²) in [7, 11) is 0. The molecule has 28 heavy (non-hydrogen) atoms. The van der Waals surface area contributed by atoms with Gasteiger partial charge in [-0.15, -0.1) is 0 Å². The predicted octanol–water partition coefficient (Wildman–Crippen LogP) is 5.30. The molecule has 4 bridgehead atoms. The van der Waals surface area contributed by atoms with Gasteiger partial charge in [0.2, 0.25) is 0 Å². The summed E-state index contributed by atoms with van der Waals surface area (Å²) in [5, 5.41) is 4.32. The first-order valence-electron chi connectivity index (χ1n) is 11.0. The number of fused-ring (bicyclic) bond motifs is 1. The summed E-state index contributed by atoms with van der Waals surface area (Å²) < 4.78 is 11.6. The van der Waals surface area contributed by atoms with Crippen molar-refractivity contribution in [3.8, 4) is 0 Å². The molecule has 2 aromatic rings. The van der Waals surface area contributed by atoms with Gasteiger partial charge in [-0.3, -0.25) is 4.79 Å². The van der Waals surface area contributed by atoms with Gasteiger partial charge in [0.15, 0.2) is 5.76 Å². The Hall–Kier alpha value is -1.81. The summed E-state index contributed by atoms with van der Waals surface area (Å²) >= 11 is 0. The molecule has 4 heteroatoms. The summed E-state index contributed by atoms with van der Waals surface area (Å²) in [6, 6.07) is 8.03. The van der Waals surface area contributed by atoms with Gasteiger partial charge in [-0.05, 0) is 81.6 Å². The third kappa shape index (κ3) is 2.97. The van der Waals surface area contributed by atoms with Crippen LogP contribution in [0.2, 0.25) is 0 Å². The number of rotatable bonds is 6. The second-order valence-corrected chi connectivity index (χ2v) is 9.52. The topological polar surface area (TPSA) is 51.5 Å². The summed E-state index contributed by atoms with van der Waals surface area (Å²) in [6.45, 7) is 5.21. The smallest absolute Gasteiger partial charge is 0.287 e. The van der Waals surface area contributed by atoms with E-state index >= 15 is 0 Å². The zero-order chi connectivity index (χ0) is 19.3. The van der Waals surface area contributed by atoms with E-state index in [1.165, 1.54) is 38.5 Å². The molecule has 4 nitrogen and oxygen atoms in total. The highest BCUT2D eigenvalue weighted by atomic mass is 16.5. The van der Waals surface area contributed by atoms with Crippen molar-refractivity contribution in [2.24, 2.45) is 23.2 Å². The molecule has 1 atom stereocenters. The number of para-hydroxylation sites is 1. The first kappa shape index (κ1) is 18.2. The first-order chi connectivity index (χ1) is 13.6. The van der Waals surface area contributed by atoms with Crippen LogP contribution in [0.1, 0.15) is 68.5 Å². The molecule has 4 aliphatic rings. The largest absolute Gasteiger partial charge is 0.451 e. The summed E-state index contributed by atoms with van der Waals surface area (Å²) in [5.41, 5.74) is 1.91. The number of hydrogen-bond acceptors (Lipinski definition) is 3. The third-order valence-corrected chi connectivity index (χ3v) is 7.71. The van der Waals surface area contributed by atoms with Crippen molar-refractivity contribution in [1.82, 2.24) is 5.32 Å². The van der Waals surface area contributed by atoms with E-state index in [-0.39, 0.29) is 17.4 Å². The average Bonchev–Trinajstić information content (AvgIpc) is 3.04. The molecule has 1 heterocycles. The minimum atomic E-state index is -0.0888. The lowest BCUT2D eigenvalue weighted by molar-refractivity contribution is -0.0688. The summed E-state index contributed by atoms with van der Waals surface area (Å²) in [6.07, 6.45) is 8.11. The highest BCUT2D eigenvalue weighted by molar-refractivity contribution is 5.99. The predicted molar refractivity (Wildman–Crippen MR) is 109 cm³/mol. The third-order valence-electron chi connectivity index (χ3n) is 7.71. The van der Waals surface area contributed by atoms with E-state index in [2.05, 4.69) is 12.2 Å². The molecule has 6 rings (SSSR count). The molecule has 150 valence electrons. The zero-order valence-corrected chi connectivity index (χ0v) is 17.0. The van der Waals surface area contributed by atoms with Crippen LogP contribution in [0.4, 0.5) is 0 Å². The highest BCUT2D eigenvalue weighted by Gasteiger charge is 2.53. The molecule has 4 aliphatic carbocycles. The van der Waals surface area contributed by atoms with Crippen LogP contribution in [-0.4, -0.2) is 18.6 Å². The maximum Gasteiger partial charge on any atom is 0.287 e. The van der Waals surface area contributed by atoms with E-state index in [0.717, 1.165) is 34.3 Å². The van der Waals surface area contributed by atoms with E-state index in [1.807, 2.05) is 31.2 Å². The average molecular weight is 382 g/mol. The molecule has 0 saturated heterocycles. The number of amides is 1. The van der Waals surface area contributed by atoms with Crippen LogP contribution in [0.15, 0.2) is 28.7 Å². The van der Waals surface area contributed by atoms with Crippen molar-refractivity contribution in [1.29, 1.82) is 0 Å². The second kappa shape index (κ2) is 6.91. The van der Waals surface area contributed by atoms with Crippen LogP contribution in [-0.2, 0) is 11.3 Å². The molecule has 1 aromatic heterocycles. The van der Waals surface area contributed by atoms with Gasteiger partial charge in [-0.1, -0.05) is 18.2 Å². The SMILES string of the molecule is CCOCc1c(C(=O)N[C@H](C)C23CC4CC(CC(C4)C2)C3)oc2ccccc12. The molecule has 1 aromatic carbocycles. The Morgan fingerprint density at radius 3 is 2.46 bits per heavy atom. The van der Waals surface area contributed by atoms with E-state index in [0.29, 0.717) is 19.0 Å². The lowest BCUT2D eigenvalue weighted by Gasteiger charge is -2.59. The van der Waals surface area contributed by atoms with Crippen LogP contribution in [0.5, 0.6) is 0 Å². The van der Waals surface area contributed by atoms with Gasteiger partial charge in [0.05, 0.1) is 6.61 Å². The van der Waals surface area contributed by atoms with Gasteiger partial charge in [-0.2, -0.15) is 0 Å². The Labute approximate surface area is 167 Å². The van der Waals surface area contributed by atoms with Gasteiger partial charge in [0.25, 0.3) is 5.91 Å². The van der Waals surface area contributed by atoms with E-state index in [1.54, 1.807) is 0 Å². The molecular weight excluding hydrogens is 350 g/mol. The number of carbonyl (C=O) groups is 1. The van der Waals surface area contributed by atoms with Crippen molar-refractivity contribution in [3.63, 3.8) is 0 Å².